The smallest absolute Gasteiger partial charge is 0.217 e. The van der Waals surface area contributed by atoms with E-state index in [2.05, 4.69) is 15.3 Å². The Labute approximate surface area is 362 Å². The third-order valence-corrected chi connectivity index (χ3v) is 11.2. The Kier molecular flexibility index (Phi) is 19.5. The van der Waals surface area contributed by atoms with E-state index in [0.29, 0.717) is 0 Å². The van der Waals surface area contributed by atoms with Crippen LogP contribution in [-0.4, -0.2) is 282 Å². The molecule has 30 heteroatoms. The molecular formula is C34H58N4O26. The number of carbonyl (C=O) groups is 1. The summed E-state index contributed by atoms with van der Waals surface area (Å²) < 4.78 is 57.0. The van der Waals surface area contributed by atoms with Gasteiger partial charge in [0.25, 0.3) is 0 Å². The molecule has 25 atom stereocenters. The van der Waals surface area contributed by atoms with Crippen molar-refractivity contribution in [1.29, 1.82) is 0 Å². The lowest BCUT2D eigenvalue weighted by Crippen LogP contribution is -2.69. The maximum Gasteiger partial charge on any atom is 0.217 e. The van der Waals surface area contributed by atoms with Crippen molar-refractivity contribution in [2.75, 3.05) is 46.2 Å². The van der Waals surface area contributed by atoms with Crippen molar-refractivity contribution in [3.8, 4) is 0 Å². The molecule has 5 saturated heterocycles. The van der Waals surface area contributed by atoms with Gasteiger partial charge in [0, 0.05) is 18.4 Å². The number of aliphatic hydroxyl groups is 15. The molecule has 16 N–H and O–H groups in total. The monoisotopic (exact) mass is 938 g/mol. The highest BCUT2D eigenvalue weighted by Gasteiger charge is 2.56. The topological polar surface area (TPSA) is 474 Å². The lowest BCUT2D eigenvalue weighted by Gasteiger charge is -2.49. The minimum Gasteiger partial charge on any atom is -0.394 e. The van der Waals surface area contributed by atoms with Gasteiger partial charge in [0.15, 0.2) is 31.5 Å². The van der Waals surface area contributed by atoms with E-state index in [1.54, 1.807) is 0 Å². The summed E-state index contributed by atoms with van der Waals surface area (Å²) in [7, 11) is 0. The molecule has 0 unspecified atom stereocenters. The van der Waals surface area contributed by atoms with Gasteiger partial charge < -0.3 is 129 Å². The van der Waals surface area contributed by atoms with E-state index in [4.69, 9.17) is 52.9 Å². The Morgan fingerprint density at radius 2 is 0.938 bits per heavy atom. The fraction of sp³-hybridized carbons (Fsp3) is 0.971. The zero-order valence-electron chi connectivity index (χ0n) is 33.9. The van der Waals surface area contributed by atoms with E-state index in [1.807, 2.05) is 0 Å². The minimum atomic E-state index is -2.07. The number of nitrogens with zero attached hydrogens (tertiary/aromatic N) is 3. The summed E-state index contributed by atoms with van der Waals surface area (Å²) in [6.07, 6.45) is -44.0. The highest BCUT2D eigenvalue weighted by molar-refractivity contribution is 5.73. The summed E-state index contributed by atoms with van der Waals surface area (Å²) in [6.45, 7) is -3.94. The number of aliphatic hydroxyl groups excluding tert-OH is 15. The van der Waals surface area contributed by atoms with Crippen LogP contribution < -0.4 is 5.32 Å². The molecule has 5 aliphatic heterocycles. The molecule has 0 saturated carbocycles. The van der Waals surface area contributed by atoms with Crippen LogP contribution >= 0.6 is 0 Å². The summed E-state index contributed by atoms with van der Waals surface area (Å²) in [4.78, 5) is 15.0. The van der Waals surface area contributed by atoms with E-state index < -0.39 is 192 Å². The summed E-state index contributed by atoms with van der Waals surface area (Å²) >= 11 is 0. The number of rotatable bonds is 18. The first kappa shape index (κ1) is 52.7. The van der Waals surface area contributed by atoms with Crippen molar-refractivity contribution in [3.05, 3.63) is 10.4 Å². The van der Waals surface area contributed by atoms with Crippen LogP contribution in [0.4, 0.5) is 0 Å². The standard InChI is InChI=1S/C34H58N4O26/c1-9(43)37-15-19(47)28(63-34-29(22(50)18(46)12(6-41)59-34)64-33-25(53)21(49)17(45)11(5-40)58-33)14(61-30(15)55-3-2-36-38-35)8-56-31-26(54)23(51)27(13(7-42)60-31)62-32-24(52)20(48)16(44)10(4-39)57-32/h10-34,39-42,44-54H,2-8H2,1H3,(H,37,43)/t10-,11-,12-,13-,14-,15-,16+,17+,18+,19-,20+,21+,22+,23-,24-,25-,26-,27-,28-,29-,30-,31-,32+,33-,34+/m1/s1. The van der Waals surface area contributed by atoms with E-state index in [0.717, 1.165) is 6.92 Å². The van der Waals surface area contributed by atoms with Crippen molar-refractivity contribution in [1.82, 2.24) is 5.32 Å². The molecular weight excluding hydrogens is 880 g/mol. The molecule has 0 aromatic carbocycles. The Balaban J connectivity index is 1.41. The van der Waals surface area contributed by atoms with Gasteiger partial charge in [-0.15, -0.1) is 0 Å². The van der Waals surface area contributed by atoms with Gasteiger partial charge in [-0.2, -0.15) is 0 Å². The van der Waals surface area contributed by atoms with Crippen molar-refractivity contribution < 1.29 is 129 Å². The van der Waals surface area contributed by atoms with E-state index >= 15 is 0 Å². The molecule has 5 fully saturated rings. The largest absolute Gasteiger partial charge is 0.394 e. The van der Waals surface area contributed by atoms with Gasteiger partial charge >= 0.3 is 0 Å². The predicted octanol–water partition coefficient (Wildman–Crippen LogP) is -10.4. The molecule has 30 nitrogen and oxygen atoms in total. The number of hydrogen-bond donors (Lipinski definition) is 16. The van der Waals surface area contributed by atoms with Crippen LogP contribution in [0.3, 0.4) is 0 Å². The number of carbonyl (C=O) groups excluding carboxylic acids is 1. The quantitative estimate of drug-likeness (QED) is 0.0263. The van der Waals surface area contributed by atoms with Gasteiger partial charge in [0.05, 0.1) is 39.6 Å². The molecule has 1 amide bonds. The number of hydrogen-bond acceptors (Lipinski definition) is 27. The molecule has 0 aromatic rings. The minimum absolute atomic E-state index is 0.259. The Morgan fingerprint density at radius 1 is 0.516 bits per heavy atom. The lowest BCUT2D eigenvalue weighted by molar-refractivity contribution is -0.387. The maximum absolute atomic E-state index is 12.4. The number of ether oxygens (including phenoxy) is 10. The van der Waals surface area contributed by atoms with E-state index in [9.17, 15) is 81.4 Å². The van der Waals surface area contributed by atoms with Crippen molar-refractivity contribution in [2.45, 2.75) is 160 Å². The molecule has 5 heterocycles. The van der Waals surface area contributed by atoms with Crippen LogP contribution in [0.5, 0.6) is 0 Å². The van der Waals surface area contributed by atoms with E-state index in [1.165, 1.54) is 0 Å². The molecule has 0 bridgehead atoms. The maximum atomic E-state index is 12.4. The SMILES string of the molecule is CC(=O)N[C@H]1[C@H](OCCN=[N+]=[N-])O[C@H](CO[C@@H]2O[C@H](CO)[C@@H](O[C@@H]3O[C@H](CO)[C@H](O)[C@H](O)[C@H]3O)[C@H](O)[C@H]2O)[C@@H](O[C@@H]2O[C@H](CO)[C@H](O)[C@H](O)[C@H]2O[C@H]2O[C@H](CO)[C@H](O)[C@H](O)[C@H]2O)[C@@H]1O. The Bertz CT molecular complexity index is 1500. The van der Waals surface area contributed by atoms with Crippen LogP contribution in [0.15, 0.2) is 5.11 Å². The van der Waals surface area contributed by atoms with Gasteiger partial charge in [0.1, 0.15) is 122 Å². The highest BCUT2D eigenvalue weighted by Crippen LogP contribution is 2.35. The van der Waals surface area contributed by atoms with Crippen molar-refractivity contribution in [3.63, 3.8) is 0 Å². The zero-order chi connectivity index (χ0) is 47.2. The fourth-order valence-electron chi connectivity index (χ4n) is 7.69. The first-order chi connectivity index (χ1) is 30.4. The predicted molar refractivity (Wildman–Crippen MR) is 196 cm³/mol. The number of nitrogens with one attached hydrogen (secondary N) is 1. The summed E-state index contributed by atoms with van der Waals surface area (Å²) in [5.74, 6) is -0.732. The Hall–Kier alpha value is -2.22. The normalized spacial score (nSPS) is 47.7. The van der Waals surface area contributed by atoms with Crippen LogP contribution in [0.2, 0.25) is 0 Å². The number of amides is 1. The summed E-state index contributed by atoms with van der Waals surface area (Å²) in [5.41, 5.74) is 8.73. The highest BCUT2D eigenvalue weighted by atomic mass is 16.8. The average Bonchev–Trinajstić information content (AvgIpc) is 3.27. The molecule has 0 radical (unpaired) electrons. The van der Waals surface area contributed by atoms with Crippen molar-refractivity contribution >= 4 is 5.91 Å². The third kappa shape index (κ3) is 11.7. The summed E-state index contributed by atoms with van der Waals surface area (Å²) in [5, 5.41) is 163. The van der Waals surface area contributed by atoms with E-state index in [-0.39, 0.29) is 13.2 Å². The molecule has 0 aromatic heterocycles. The van der Waals surface area contributed by atoms with Crippen LogP contribution in [-0.2, 0) is 52.2 Å². The van der Waals surface area contributed by atoms with Crippen LogP contribution in [0, 0.1) is 0 Å². The van der Waals surface area contributed by atoms with Gasteiger partial charge in [-0.05, 0) is 5.53 Å². The Morgan fingerprint density at radius 3 is 1.45 bits per heavy atom. The first-order valence-corrected chi connectivity index (χ1v) is 20.1. The molecule has 0 spiro atoms. The second-order valence-corrected chi connectivity index (χ2v) is 15.5. The van der Waals surface area contributed by atoms with Crippen molar-refractivity contribution in [2.24, 2.45) is 5.11 Å². The van der Waals surface area contributed by atoms with Gasteiger partial charge in [0.2, 0.25) is 5.91 Å². The van der Waals surface area contributed by atoms with Gasteiger partial charge in [-0.3, -0.25) is 4.79 Å². The second-order valence-electron chi connectivity index (χ2n) is 15.5. The summed E-state index contributed by atoms with van der Waals surface area (Å²) in [6, 6.07) is -1.53. The molecule has 5 aliphatic rings. The zero-order valence-corrected chi connectivity index (χ0v) is 33.9. The van der Waals surface area contributed by atoms with Gasteiger partial charge in [-0.25, -0.2) is 0 Å². The molecule has 370 valence electrons. The molecule has 0 aliphatic carbocycles. The van der Waals surface area contributed by atoms with Crippen LogP contribution in [0.25, 0.3) is 10.4 Å². The van der Waals surface area contributed by atoms with Crippen LogP contribution in [0.1, 0.15) is 6.92 Å². The molecule has 5 rings (SSSR count). The third-order valence-electron chi connectivity index (χ3n) is 11.2. The number of azide groups is 1. The molecule has 64 heavy (non-hydrogen) atoms. The average molecular weight is 939 g/mol. The fourth-order valence-corrected chi connectivity index (χ4v) is 7.69. The van der Waals surface area contributed by atoms with Gasteiger partial charge in [-0.1, -0.05) is 5.11 Å². The first-order valence-electron chi connectivity index (χ1n) is 20.1. The lowest BCUT2D eigenvalue weighted by atomic mass is 9.95. The second kappa shape index (κ2) is 23.7.